The maximum absolute atomic E-state index is 12.3. The van der Waals surface area contributed by atoms with E-state index in [4.69, 9.17) is 4.74 Å². The Morgan fingerprint density at radius 2 is 2.27 bits per heavy atom. The predicted octanol–water partition coefficient (Wildman–Crippen LogP) is 1.27. The van der Waals surface area contributed by atoms with Crippen LogP contribution in [-0.2, 0) is 16.0 Å². The van der Waals surface area contributed by atoms with Crippen LogP contribution in [0.25, 0.3) is 0 Å². The summed E-state index contributed by atoms with van der Waals surface area (Å²) in [5, 5.41) is 9.23. The Hall–Kier alpha value is -1.82. The molecule has 6 heteroatoms. The fraction of sp³-hybridized carbons (Fsp3) is 0.625. The lowest BCUT2D eigenvalue weighted by Gasteiger charge is -2.32. The van der Waals surface area contributed by atoms with Crippen LogP contribution < -0.4 is 0 Å². The highest BCUT2D eigenvalue weighted by molar-refractivity contribution is 5.92. The maximum atomic E-state index is 12.3. The number of nitrogens with zero attached hydrogens (tertiary/aromatic N) is 1. The zero-order chi connectivity index (χ0) is 16.1. The molecule has 0 aromatic carbocycles. The molecule has 1 amide bonds. The number of nitrogens with one attached hydrogen (secondary N) is 1. The second-order valence-corrected chi connectivity index (χ2v) is 5.84. The molecule has 2 rings (SSSR count). The Kier molecular flexibility index (Phi) is 5.60. The highest BCUT2D eigenvalue weighted by Gasteiger charge is 2.24. The molecule has 2 N–H and O–H groups in total. The second kappa shape index (κ2) is 7.45. The van der Waals surface area contributed by atoms with Crippen molar-refractivity contribution >= 4 is 11.9 Å². The molecular weight excluding hydrogens is 284 g/mol. The van der Waals surface area contributed by atoms with Gasteiger partial charge in [0, 0.05) is 38.0 Å². The molecule has 1 fully saturated rings. The number of esters is 1. The van der Waals surface area contributed by atoms with Crippen molar-refractivity contribution in [3.63, 3.8) is 0 Å². The van der Waals surface area contributed by atoms with Gasteiger partial charge in [0.1, 0.15) is 0 Å². The van der Waals surface area contributed by atoms with Gasteiger partial charge in [-0.15, -0.1) is 0 Å². The largest absolute Gasteiger partial charge is 0.465 e. The van der Waals surface area contributed by atoms with E-state index in [0.29, 0.717) is 24.9 Å². The van der Waals surface area contributed by atoms with E-state index in [1.54, 1.807) is 6.20 Å². The summed E-state index contributed by atoms with van der Waals surface area (Å²) in [6.45, 7) is 3.33. The molecule has 22 heavy (non-hydrogen) atoms. The van der Waals surface area contributed by atoms with Crippen molar-refractivity contribution < 1.29 is 19.4 Å². The summed E-state index contributed by atoms with van der Waals surface area (Å²) < 4.78 is 4.79. The maximum Gasteiger partial charge on any atom is 0.339 e. The van der Waals surface area contributed by atoms with Crippen molar-refractivity contribution in [1.29, 1.82) is 0 Å². The number of aliphatic hydroxyl groups is 1. The molecule has 0 radical (unpaired) electrons. The van der Waals surface area contributed by atoms with Gasteiger partial charge >= 0.3 is 5.97 Å². The first-order valence-electron chi connectivity index (χ1n) is 7.70. The number of piperidine rings is 1. The second-order valence-electron chi connectivity index (χ2n) is 5.84. The van der Waals surface area contributed by atoms with Crippen LogP contribution in [0.15, 0.2) is 6.20 Å². The van der Waals surface area contributed by atoms with Crippen molar-refractivity contribution in [3.8, 4) is 0 Å². The molecule has 1 aromatic heterocycles. The van der Waals surface area contributed by atoms with E-state index in [1.807, 2.05) is 11.8 Å². The number of H-pyrrole nitrogens is 1. The molecule has 0 unspecified atom stereocenters. The lowest BCUT2D eigenvalue weighted by molar-refractivity contribution is -0.133. The number of ether oxygens (including phenoxy) is 1. The average molecular weight is 308 g/mol. The van der Waals surface area contributed by atoms with Crippen molar-refractivity contribution in [2.75, 3.05) is 26.8 Å². The van der Waals surface area contributed by atoms with Gasteiger partial charge in [0.2, 0.25) is 5.91 Å². The Balaban J connectivity index is 1.95. The predicted molar refractivity (Wildman–Crippen MR) is 81.6 cm³/mol. The van der Waals surface area contributed by atoms with Crippen LogP contribution in [0.4, 0.5) is 0 Å². The van der Waals surface area contributed by atoms with E-state index in [2.05, 4.69) is 4.98 Å². The molecule has 0 aliphatic carbocycles. The van der Waals surface area contributed by atoms with Gasteiger partial charge in [-0.2, -0.15) is 0 Å². The lowest BCUT2D eigenvalue weighted by Crippen LogP contribution is -2.41. The van der Waals surface area contributed by atoms with Crippen LogP contribution in [-0.4, -0.2) is 53.7 Å². The van der Waals surface area contributed by atoms with E-state index < -0.39 is 0 Å². The highest BCUT2D eigenvalue weighted by Crippen LogP contribution is 2.19. The van der Waals surface area contributed by atoms with Gasteiger partial charge in [0.25, 0.3) is 0 Å². The molecule has 0 bridgehead atoms. The molecule has 1 saturated heterocycles. The van der Waals surface area contributed by atoms with Gasteiger partial charge in [-0.1, -0.05) is 0 Å². The minimum absolute atomic E-state index is 0.0767. The molecule has 6 nitrogen and oxygen atoms in total. The Labute approximate surface area is 130 Å². The normalized spacial score (nSPS) is 18.3. The summed E-state index contributed by atoms with van der Waals surface area (Å²) in [5.74, 6) is -0.106. The summed E-state index contributed by atoms with van der Waals surface area (Å²) in [7, 11) is 1.35. The fourth-order valence-electron chi connectivity index (χ4n) is 3.00. The first kappa shape index (κ1) is 16.5. The first-order valence-corrected chi connectivity index (χ1v) is 7.70. The molecule has 2 heterocycles. The molecule has 1 aromatic rings. The number of carbonyl (C=O) groups excluding carboxylic acids is 2. The lowest BCUT2D eigenvalue weighted by atomic mass is 9.98. The third-order valence-corrected chi connectivity index (χ3v) is 4.29. The molecule has 1 atom stereocenters. The van der Waals surface area contributed by atoms with Gasteiger partial charge in [0.05, 0.1) is 12.7 Å². The third-order valence-electron chi connectivity index (χ3n) is 4.29. The van der Waals surface area contributed by atoms with Gasteiger partial charge in [-0.05, 0) is 37.7 Å². The monoisotopic (exact) mass is 308 g/mol. The number of hydrogen-bond donors (Lipinski definition) is 2. The van der Waals surface area contributed by atoms with Gasteiger partial charge in [-0.25, -0.2) is 4.79 Å². The summed E-state index contributed by atoms with van der Waals surface area (Å²) in [6, 6.07) is 0. The Morgan fingerprint density at radius 1 is 1.50 bits per heavy atom. The average Bonchev–Trinajstić information content (AvgIpc) is 2.92. The van der Waals surface area contributed by atoms with Gasteiger partial charge in [0.15, 0.2) is 0 Å². The number of rotatable bonds is 5. The van der Waals surface area contributed by atoms with E-state index in [0.717, 1.165) is 30.6 Å². The minimum atomic E-state index is -0.375. The number of aryl methyl sites for hydroxylation is 2. The number of methoxy groups -OCH3 is 1. The van der Waals surface area contributed by atoms with Gasteiger partial charge < -0.3 is 19.7 Å². The van der Waals surface area contributed by atoms with Crippen molar-refractivity contribution in [2.45, 2.75) is 32.6 Å². The Bertz CT molecular complexity index is 538. The quantitative estimate of drug-likeness (QED) is 0.803. The number of aliphatic hydroxyl groups excluding tert-OH is 1. The van der Waals surface area contributed by atoms with Crippen molar-refractivity contribution in [3.05, 3.63) is 23.0 Å². The standard InChI is InChI=1S/C16H24N2O4/c1-11-15(16(21)22-2)13(8-17-11)5-6-14(20)18-7-3-4-12(9-18)10-19/h8,12,17,19H,3-7,9-10H2,1-2H3/t12-/m1/s1. The number of carbonyl (C=O) groups is 2. The summed E-state index contributed by atoms with van der Waals surface area (Å²) in [5.41, 5.74) is 2.10. The molecule has 122 valence electrons. The smallest absolute Gasteiger partial charge is 0.339 e. The van der Waals surface area contributed by atoms with Crippen LogP contribution in [0, 0.1) is 12.8 Å². The number of aromatic amines is 1. The topological polar surface area (TPSA) is 82.6 Å². The van der Waals surface area contributed by atoms with Crippen LogP contribution >= 0.6 is 0 Å². The minimum Gasteiger partial charge on any atom is -0.465 e. The SMILES string of the molecule is COC(=O)c1c(CCC(=O)N2CCC[C@@H](CO)C2)c[nH]c1C. The highest BCUT2D eigenvalue weighted by atomic mass is 16.5. The Morgan fingerprint density at radius 3 is 2.95 bits per heavy atom. The molecule has 1 aliphatic rings. The van der Waals surface area contributed by atoms with Crippen LogP contribution in [0.2, 0.25) is 0 Å². The molecule has 0 saturated carbocycles. The molecular formula is C16H24N2O4. The van der Waals surface area contributed by atoms with Crippen LogP contribution in [0.1, 0.15) is 40.9 Å². The molecule has 1 aliphatic heterocycles. The summed E-state index contributed by atoms with van der Waals surface area (Å²) >= 11 is 0. The first-order chi connectivity index (χ1) is 10.6. The van der Waals surface area contributed by atoms with E-state index in [1.165, 1.54) is 7.11 Å². The van der Waals surface area contributed by atoms with E-state index in [-0.39, 0.29) is 24.4 Å². The zero-order valence-corrected chi connectivity index (χ0v) is 13.2. The summed E-state index contributed by atoms with van der Waals surface area (Å²) in [4.78, 5) is 28.9. The van der Waals surface area contributed by atoms with Crippen molar-refractivity contribution in [2.24, 2.45) is 5.92 Å². The van der Waals surface area contributed by atoms with Crippen LogP contribution in [0.3, 0.4) is 0 Å². The number of likely N-dealkylation sites (tertiary alicyclic amines) is 1. The van der Waals surface area contributed by atoms with Crippen LogP contribution in [0.5, 0.6) is 0 Å². The third kappa shape index (κ3) is 3.68. The van der Waals surface area contributed by atoms with Gasteiger partial charge in [-0.3, -0.25) is 4.79 Å². The molecule has 0 spiro atoms. The van der Waals surface area contributed by atoms with Crippen molar-refractivity contribution in [1.82, 2.24) is 9.88 Å². The number of amides is 1. The summed E-state index contributed by atoms with van der Waals surface area (Å²) in [6.07, 6.45) is 4.55. The number of hydrogen-bond acceptors (Lipinski definition) is 4. The fourth-order valence-corrected chi connectivity index (χ4v) is 3.00. The number of aromatic nitrogens is 1. The zero-order valence-electron chi connectivity index (χ0n) is 13.2. The van der Waals surface area contributed by atoms with E-state index in [9.17, 15) is 14.7 Å². The van der Waals surface area contributed by atoms with E-state index >= 15 is 0 Å².